The highest BCUT2D eigenvalue weighted by atomic mass is 32.1. The molecule has 0 aliphatic rings. The molecule has 0 unspecified atom stereocenters. The van der Waals surface area contributed by atoms with Crippen molar-refractivity contribution in [3.63, 3.8) is 0 Å². The quantitative estimate of drug-likeness (QED) is 0.680. The maximum absolute atomic E-state index is 11.6. The maximum atomic E-state index is 11.6. The van der Waals surface area contributed by atoms with Crippen LogP contribution in [0.2, 0.25) is 0 Å². The van der Waals surface area contributed by atoms with Crippen LogP contribution >= 0.6 is 11.3 Å². The van der Waals surface area contributed by atoms with E-state index in [4.69, 9.17) is 0 Å². The van der Waals surface area contributed by atoms with Crippen LogP contribution in [0.25, 0.3) is 0 Å². The summed E-state index contributed by atoms with van der Waals surface area (Å²) in [6.07, 6.45) is 0. The number of hydrogen-bond donors (Lipinski definition) is 3. The highest BCUT2D eigenvalue weighted by Crippen LogP contribution is 2.07. The Labute approximate surface area is 137 Å². The number of rotatable bonds is 5. The summed E-state index contributed by atoms with van der Waals surface area (Å²) in [5.41, 5.74) is -0.493. The molecule has 0 spiro atoms. The number of imide groups is 1. The average molecular weight is 341 g/mol. The van der Waals surface area contributed by atoms with Gasteiger partial charge < -0.3 is 15.4 Å². The molecule has 1 aromatic heterocycles. The standard InChI is InChI=1S/C14H19N3O5S/c1-14(2,3)17-13(21)16-10(18)8-22-11(19)7-15-12(20)9-5-4-6-23-9/h4-6H,7-8H2,1-3H3,(H,15,20)(H2,16,17,18,21). The van der Waals surface area contributed by atoms with Crippen LogP contribution in [0, 0.1) is 0 Å². The minimum absolute atomic E-state index is 0.363. The van der Waals surface area contributed by atoms with E-state index in [-0.39, 0.29) is 6.54 Å². The molecule has 0 aliphatic heterocycles. The number of esters is 1. The highest BCUT2D eigenvalue weighted by Gasteiger charge is 2.16. The number of carbonyl (C=O) groups is 4. The number of amides is 4. The summed E-state index contributed by atoms with van der Waals surface area (Å²) in [7, 11) is 0. The molecule has 9 heteroatoms. The molecule has 0 radical (unpaired) electrons. The number of thiophene rings is 1. The fourth-order valence-corrected chi connectivity index (χ4v) is 2.02. The molecular formula is C14H19N3O5S. The highest BCUT2D eigenvalue weighted by molar-refractivity contribution is 7.12. The molecule has 0 fully saturated rings. The van der Waals surface area contributed by atoms with Crippen LogP contribution in [0.4, 0.5) is 4.79 Å². The van der Waals surface area contributed by atoms with Crippen molar-refractivity contribution in [2.75, 3.05) is 13.2 Å². The van der Waals surface area contributed by atoms with Gasteiger partial charge in [0.1, 0.15) is 6.54 Å². The lowest BCUT2D eigenvalue weighted by atomic mass is 10.1. The molecular weight excluding hydrogens is 322 g/mol. The van der Waals surface area contributed by atoms with Gasteiger partial charge in [-0.3, -0.25) is 19.7 Å². The van der Waals surface area contributed by atoms with Crippen LogP contribution in [0.1, 0.15) is 30.4 Å². The summed E-state index contributed by atoms with van der Waals surface area (Å²) in [6.45, 7) is 4.30. The first-order valence-corrected chi connectivity index (χ1v) is 7.64. The maximum Gasteiger partial charge on any atom is 0.325 e. The number of urea groups is 1. The Morgan fingerprint density at radius 3 is 2.48 bits per heavy atom. The van der Waals surface area contributed by atoms with E-state index < -0.39 is 36.0 Å². The van der Waals surface area contributed by atoms with Crippen LogP contribution in [0.5, 0.6) is 0 Å². The van der Waals surface area contributed by atoms with Gasteiger partial charge in [0.25, 0.3) is 11.8 Å². The molecule has 0 saturated heterocycles. The number of hydrogen-bond acceptors (Lipinski definition) is 6. The number of carbonyl (C=O) groups excluding carboxylic acids is 4. The van der Waals surface area contributed by atoms with Gasteiger partial charge in [-0.15, -0.1) is 11.3 Å². The third kappa shape index (κ3) is 7.96. The van der Waals surface area contributed by atoms with E-state index in [0.29, 0.717) is 4.88 Å². The first-order valence-electron chi connectivity index (χ1n) is 6.77. The van der Waals surface area contributed by atoms with Crippen molar-refractivity contribution >= 4 is 35.2 Å². The van der Waals surface area contributed by atoms with Crippen molar-refractivity contribution in [2.45, 2.75) is 26.3 Å². The van der Waals surface area contributed by atoms with Gasteiger partial charge >= 0.3 is 12.0 Å². The largest absolute Gasteiger partial charge is 0.454 e. The Kier molecular flexibility index (Phi) is 6.70. The molecule has 0 aromatic carbocycles. The van der Waals surface area contributed by atoms with Gasteiger partial charge in [0, 0.05) is 5.54 Å². The molecule has 1 rings (SSSR count). The normalized spacial score (nSPS) is 10.6. The van der Waals surface area contributed by atoms with Crippen LogP contribution in [0.3, 0.4) is 0 Å². The Balaban J connectivity index is 2.24. The van der Waals surface area contributed by atoms with Crippen LogP contribution in [-0.2, 0) is 14.3 Å². The zero-order valence-electron chi connectivity index (χ0n) is 13.1. The molecule has 0 aliphatic carbocycles. The van der Waals surface area contributed by atoms with E-state index in [1.54, 1.807) is 38.3 Å². The van der Waals surface area contributed by atoms with Crippen molar-refractivity contribution in [1.29, 1.82) is 0 Å². The predicted octanol–water partition coefficient (Wildman–Crippen LogP) is 0.645. The summed E-state index contributed by atoms with van der Waals surface area (Å²) in [5, 5.41) is 8.66. The lowest BCUT2D eigenvalue weighted by Gasteiger charge is -2.20. The zero-order chi connectivity index (χ0) is 17.5. The summed E-state index contributed by atoms with van der Waals surface area (Å²) in [5.74, 6) is -1.93. The smallest absolute Gasteiger partial charge is 0.325 e. The molecule has 4 amide bonds. The van der Waals surface area contributed by atoms with Crippen molar-refractivity contribution in [2.24, 2.45) is 0 Å². The molecule has 0 bridgehead atoms. The van der Waals surface area contributed by atoms with E-state index >= 15 is 0 Å². The van der Waals surface area contributed by atoms with Gasteiger partial charge in [-0.2, -0.15) is 0 Å². The predicted molar refractivity (Wildman–Crippen MR) is 84.0 cm³/mol. The SMILES string of the molecule is CC(C)(C)NC(=O)NC(=O)COC(=O)CNC(=O)c1cccs1. The topological polar surface area (TPSA) is 114 Å². The van der Waals surface area contributed by atoms with Crippen molar-refractivity contribution in [1.82, 2.24) is 16.0 Å². The fourth-order valence-electron chi connectivity index (χ4n) is 1.38. The van der Waals surface area contributed by atoms with Crippen LogP contribution in [0.15, 0.2) is 17.5 Å². The summed E-state index contributed by atoms with van der Waals surface area (Å²) < 4.78 is 4.66. The second-order valence-corrected chi connectivity index (χ2v) is 6.52. The lowest BCUT2D eigenvalue weighted by Crippen LogP contribution is -2.49. The Morgan fingerprint density at radius 1 is 1.22 bits per heavy atom. The molecule has 1 aromatic rings. The van der Waals surface area contributed by atoms with Crippen molar-refractivity contribution in [3.8, 4) is 0 Å². The second kappa shape index (κ2) is 8.28. The average Bonchev–Trinajstić information content (AvgIpc) is 2.94. The Bertz CT molecular complexity index is 578. The Morgan fingerprint density at radius 2 is 1.91 bits per heavy atom. The second-order valence-electron chi connectivity index (χ2n) is 5.57. The van der Waals surface area contributed by atoms with E-state index in [1.807, 2.05) is 5.32 Å². The first-order chi connectivity index (χ1) is 10.7. The van der Waals surface area contributed by atoms with Crippen LogP contribution in [-0.4, -0.2) is 42.5 Å². The summed E-state index contributed by atoms with van der Waals surface area (Å²) >= 11 is 1.24. The van der Waals surface area contributed by atoms with E-state index in [1.165, 1.54) is 11.3 Å². The van der Waals surface area contributed by atoms with Gasteiger partial charge in [0.05, 0.1) is 4.88 Å². The lowest BCUT2D eigenvalue weighted by molar-refractivity contribution is -0.147. The molecule has 0 saturated carbocycles. The number of ether oxygens (including phenoxy) is 1. The molecule has 23 heavy (non-hydrogen) atoms. The molecule has 8 nitrogen and oxygen atoms in total. The third-order valence-electron chi connectivity index (χ3n) is 2.24. The minimum atomic E-state index is -0.777. The van der Waals surface area contributed by atoms with E-state index in [2.05, 4.69) is 15.4 Å². The monoisotopic (exact) mass is 341 g/mol. The first kappa shape index (κ1) is 18.6. The molecule has 1 heterocycles. The fraction of sp³-hybridized carbons (Fsp3) is 0.429. The van der Waals surface area contributed by atoms with Crippen molar-refractivity contribution < 1.29 is 23.9 Å². The summed E-state index contributed by atoms with van der Waals surface area (Å²) in [6, 6.07) is 2.65. The van der Waals surface area contributed by atoms with E-state index in [0.717, 1.165) is 0 Å². The number of nitrogens with one attached hydrogen (secondary N) is 3. The van der Waals surface area contributed by atoms with Gasteiger partial charge in [0.2, 0.25) is 0 Å². The van der Waals surface area contributed by atoms with Gasteiger partial charge in [0.15, 0.2) is 6.61 Å². The van der Waals surface area contributed by atoms with Gasteiger partial charge in [-0.25, -0.2) is 4.79 Å². The Hall–Kier alpha value is -2.42. The van der Waals surface area contributed by atoms with Crippen LogP contribution < -0.4 is 16.0 Å². The van der Waals surface area contributed by atoms with Gasteiger partial charge in [-0.1, -0.05) is 6.07 Å². The third-order valence-corrected chi connectivity index (χ3v) is 3.11. The molecule has 126 valence electrons. The van der Waals surface area contributed by atoms with Gasteiger partial charge in [-0.05, 0) is 32.2 Å². The zero-order valence-corrected chi connectivity index (χ0v) is 13.9. The minimum Gasteiger partial charge on any atom is -0.454 e. The van der Waals surface area contributed by atoms with E-state index in [9.17, 15) is 19.2 Å². The summed E-state index contributed by atoms with van der Waals surface area (Å²) in [4.78, 5) is 46.3. The van der Waals surface area contributed by atoms with Crippen molar-refractivity contribution in [3.05, 3.63) is 22.4 Å². The molecule has 0 atom stereocenters. The molecule has 3 N–H and O–H groups in total.